The van der Waals surface area contributed by atoms with Gasteiger partial charge in [0.25, 0.3) is 0 Å². The smallest absolute Gasteiger partial charge is 0.356 e. The Hall–Kier alpha value is -0.780. The summed E-state index contributed by atoms with van der Waals surface area (Å²) in [7, 11) is 0. The molecule has 6 heteroatoms. The standard InChI is InChI=1S/C13H23F3N2O/c1-9(17)5-4-8-18-12(19)10-6-2-3-7-11(10)13(14,15)16/h9-11H,2-8,17H2,1H3,(H,18,19). The Labute approximate surface area is 112 Å². The molecule has 0 aromatic carbocycles. The summed E-state index contributed by atoms with van der Waals surface area (Å²) in [5.41, 5.74) is 5.57. The van der Waals surface area contributed by atoms with Crippen LogP contribution in [0.3, 0.4) is 0 Å². The lowest BCUT2D eigenvalue weighted by Crippen LogP contribution is -2.42. The normalized spacial score (nSPS) is 25.9. The number of alkyl halides is 3. The molecule has 3 unspecified atom stereocenters. The highest BCUT2D eigenvalue weighted by molar-refractivity contribution is 5.79. The maximum absolute atomic E-state index is 12.8. The largest absolute Gasteiger partial charge is 0.392 e. The first-order chi connectivity index (χ1) is 8.82. The number of rotatable bonds is 5. The summed E-state index contributed by atoms with van der Waals surface area (Å²) in [6.07, 6.45) is -1.15. The molecule has 0 heterocycles. The fraction of sp³-hybridized carbons (Fsp3) is 0.923. The van der Waals surface area contributed by atoms with Crippen LogP contribution < -0.4 is 11.1 Å². The van der Waals surface area contributed by atoms with Crippen LogP contribution in [0.5, 0.6) is 0 Å². The topological polar surface area (TPSA) is 55.1 Å². The number of carbonyl (C=O) groups is 1. The van der Waals surface area contributed by atoms with Crippen molar-refractivity contribution in [2.24, 2.45) is 17.6 Å². The van der Waals surface area contributed by atoms with Gasteiger partial charge in [-0.05, 0) is 32.6 Å². The Kier molecular flexibility index (Phi) is 6.10. The highest BCUT2D eigenvalue weighted by Crippen LogP contribution is 2.41. The molecule has 1 fully saturated rings. The third-order valence-corrected chi connectivity index (χ3v) is 3.66. The molecule has 0 bridgehead atoms. The number of halogens is 3. The predicted octanol–water partition coefficient (Wildman–Crippen LogP) is 2.60. The Bertz CT molecular complexity index is 292. The molecule has 0 aromatic rings. The molecule has 19 heavy (non-hydrogen) atoms. The van der Waals surface area contributed by atoms with E-state index in [0.717, 1.165) is 6.42 Å². The van der Waals surface area contributed by atoms with Crippen LogP contribution in [-0.2, 0) is 4.79 Å². The zero-order valence-electron chi connectivity index (χ0n) is 11.3. The second-order valence-corrected chi connectivity index (χ2v) is 5.45. The van der Waals surface area contributed by atoms with E-state index in [-0.39, 0.29) is 12.5 Å². The Morgan fingerprint density at radius 1 is 1.37 bits per heavy atom. The lowest BCUT2D eigenvalue weighted by molar-refractivity contribution is -0.198. The van der Waals surface area contributed by atoms with Crippen molar-refractivity contribution in [1.29, 1.82) is 0 Å². The first-order valence-corrected chi connectivity index (χ1v) is 6.92. The molecule has 112 valence electrons. The number of nitrogens with two attached hydrogens (primary N) is 1. The van der Waals surface area contributed by atoms with Crippen LogP contribution in [0.15, 0.2) is 0 Å². The van der Waals surface area contributed by atoms with E-state index >= 15 is 0 Å². The Balaban J connectivity index is 2.44. The predicted molar refractivity (Wildman–Crippen MR) is 67.4 cm³/mol. The summed E-state index contributed by atoms with van der Waals surface area (Å²) < 4.78 is 38.5. The van der Waals surface area contributed by atoms with Gasteiger partial charge in [-0.2, -0.15) is 13.2 Å². The van der Waals surface area contributed by atoms with Crippen LogP contribution in [0.1, 0.15) is 45.4 Å². The van der Waals surface area contributed by atoms with Crippen molar-refractivity contribution in [2.45, 2.75) is 57.7 Å². The molecule has 1 aliphatic rings. The highest BCUT2D eigenvalue weighted by Gasteiger charge is 2.47. The summed E-state index contributed by atoms with van der Waals surface area (Å²) >= 11 is 0. The molecule has 1 saturated carbocycles. The van der Waals surface area contributed by atoms with Gasteiger partial charge in [-0.3, -0.25) is 4.79 Å². The first kappa shape index (κ1) is 16.3. The van der Waals surface area contributed by atoms with Crippen molar-refractivity contribution in [3.8, 4) is 0 Å². The van der Waals surface area contributed by atoms with Crippen LogP contribution >= 0.6 is 0 Å². The second kappa shape index (κ2) is 7.12. The summed E-state index contributed by atoms with van der Waals surface area (Å²) in [6.45, 7) is 2.27. The molecule has 1 aliphatic carbocycles. The van der Waals surface area contributed by atoms with E-state index in [4.69, 9.17) is 5.73 Å². The van der Waals surface area contributed by atoms with Crippen LogP contribution in [0.2, 0.25) is 0 Å². The molecule has 0 radical (unpaired) electrons. The number of amides is 1. The van der Waals surface area contributed by atoms with Gasteiger partial charge in [0.05, 0.1) is 5.92 Å². The van der Waals surface area contributed by atoms with Crippen molar-refractivity contribution in [1.82, 2.24) is 5.32 Å². The van der Waals surface area contributed by atoms with Crippen molar-refractivity contribution >= 4 is 5.91 Å². The maximum Gasteiger partial charge on any atom is 0.392 e. The van der Waals surface area contributed by atoms with Crippen molar-refractivity contribution < 1.29 is 18.0 Å². The first-order valence-electron chi connectivity index (χ1n) is 6.92. The molecule has 3 atom stereocenters. The number of hydrogen-bond acceptors (Lipinski definition) is 2. The summed E-state index contributed by atoms with van der Waals surface area (Å²) in [5.74, 6) is -2.84. The van der Waals surface area contributed by atoms with Gasteiger partial charge in [0.1, 0.15) is 0 Å². The fourth-order valence-electron chi connectivity index (χ4n) is 2.60. The van der Waals surface area contributed by atoms with Gasteiger partial charge in [0, 0.05) is 18.5 Å². The van der Waals surface area contributed by atoms with E-state index in [1.165, 1.54) is 0 Å². The van der Waals surface area contributed by atoms with Gasteiger partial charge in [-0.1, -0.05) is 12.8 Å². The van der Waals surface area contributed by atoms with E-state index in [0.29, 0.717) is 32.2 Å². The third-order valence-electron chi connectivity index (χ3n) is 3.66. The van der Waals surface area contributed by atoms with E-state index in [1.807, 2.05) is 6.92 Å². The number of hydrogen-bond donors (Lipinski definition) is 2. The van der Waals surface area contributed by atoms with E-state index in [1.54, 1.807) is 0 Å². The molecule has 1 amide bonds. The van der Waals surface area contributed by atoms with Crippen LogP contribution in [0.25, 0.3) is 0 Å². The van der Waals surface area contributed by atoms with E-state index < -0.39 is 23.9 Å². The maximum atomic E-state index is 12.8. The Morgan fingerprint density at radius 2 is 2.00 bits per heavy atom. The average molecular weight is 280 g/mol. The van der Waals surface area contributed by atoms with Crippen LogP contribution in [-0.4, -0.2) is 24.7 Å². The SMILES string of the molecule is CC(N)CCCNC(=O)C1CCCCC1C(F)(F)F. The zero-order valence-corrected chi connectivity index (χ0v) is 11.3. The fourth-order valence-corrected chi connectivity index (χ4v) is 2.60. The van der Waals surface area contributed by atoms with Gasteiger partial charge in [-0.15, -0.1) is 0 Å². The summed E-state index contributed by atoms with van der Waals surface area (Å²) in [4.78, 5) is 11.9. The van der Waals surface area contributed by atoms with E-state index in [9.17, 15) is 18.0 Å². The monoisotopic (exact) mass is 280 g/mol. The molecule has 0 aromatic heterocycles. The average Bonchev–Trinajstić information content (AvgIpc) is 2.33. The van der Waals surface area contributed by atoms with Gasteiger partial charge in [0.2, 0.25) is 5.91 Å². The minimum absolute atomic E-state index is 0.0505. The zero-order chi connectivity index (χ0) is 14.5. The number of nitrogens with one attached hydrogen (secondary N) is 1. The lowest BCUT2D eigenvalue weighted by Gasteiger charge is -2.32. The second-order valence-electron chi connectivity index (χ2n) is 5.45. The Morgan fingerprint density at radius 3 is 2.58 bits per heavy atom. The van der Waals surface area contributed by atoms with Gasteiger partial charge < -0.3 is 11.1 Å². The van der Waals surface area contributed by atoms with Crippen molar-refractivity contribution in [2.75, 3.05) is 6.54 Å². The van der Waals surface area contributed by atoms with Crippen LogP contribution in [0.4, 0.5) is 13.2 Å². The van der Waals surface area contributed by atoms with E-state index in [2.05, 4.69) is 5.32 Å². The van der Waals surface area contributed by atoms with Gasteiger partial charge in [-0.25, -0.2) is 0 Å². The molecule has 0 aliphatic heterocycles. The highest BCUT2D eigenvalue weighted by atomic mass is 19.4. The molecule has 0 spiro atoms. The van der Waals surface area contributed by atoms with Gasteiger partial charge in [0.15, 0.2) is 0 Å². The van der Waals surface area contributed by atoms with Crippen molar-refractivity contribution in [3.63, 3.8) is 0 Å². The molecule has 1 rings (SSSR count). The minimum atomic E-state index is -4.27. The summed E-state index contributed by atoms with van der Waals surface area (Å²) in [6, 6.07) is 0.0505. The molecule has 0 saturated heterocycles. The summed E-state index contributed by atoms with van der Waals surface area (Å²) in [5, 5.41) is 2.62. The van der Waals surface area contributed by atoms with Crippen LogP contribution in [0, 0.1) is 11.8 Å². The molecular formula is C13H23F3N2O. The lowest BCUT2D eigenvalue weighted by atomic mass is 9.78. The molecule has 3 N–H and O–H groups in total. The third kappa shape index (κ3) is 5.38. The molecule has 3 nitrogen and oxygen atoms in total. The number of carbonyl (C=O) groups excluding carboxylic acids is 1. The minimum Gasteiger partial charge on any atom is -0.356 e. The molecular weight excluding hydrogens is 257 g/mol. The van der Waals surface area contributed by atoms with Crippen molar-refractivity contribution in [3.05, 3.63) is 0 Å². The van der Waals surface area contributed by atoms with Gasteiger partial charge >= 0.3 is 6.18 Å². The quantitative estimate of drug-likeness (QED) is 0.761.